The largest absolute Gasteiger partial charge is 0.383 e. The summed E-state index contributed by atoms with van der Waals surface area (Å²) < 4.78 is 0. The summed E-state index contributed by atoms with van der Waals surface area (Å²) in [6.45, 7) is 6.84. The van der Waals surface area contributed by atoms with Gasteiger partial charge in [-0.3, -0.25) is 4.79 Å². The number of fused-ring (bicyclic) bond motifs is 1. The number of aryl methyl sites for hydroxylation is 1. The Morgan fingerprint density at radius 3 is 2.85 bits per heavy atom. The quantitative estimate of drug-likeness (QED) is 0.844. The summed E-state index contributed by atoms with van der Waals surface area (Å²) in [6.07, 6.45) is 6.82. The van der Waals surface area contributed by atoms with Gasteiger partial charge in [0.05, 0.1) is 0 Å². The first kappa shape index (κ1) is 17.5. The predicted octanol–water partition coefficient (Wildman–Crippen LogP) is 1.18. The van der Waals surface area contributed by atoms with Gasteiger partial charge in [-0.15, -0.1) is 0 Å². The Balaban J connectivity index is 1.44. The Morgan fingerprint density at radius 2 is 2.08 bits per heavy atom. The number of carbonyl (C=O) groups is 1. The van der Waals surface area contributed by atoms with Crippen LogP contribution in [0.4, 0.5) is 11.8 Å². The van der Waals surface area contributed by atoms with Crippen LogP contribution in [0.25, 0.3) is 0 Å². The first-order valence-electron chi connectivity index (χ1n) is 9.96. The molecule has 1 aromatic rings. The molecule has 26 heavy (non-hydrogen) atoms. The number of piperidine rings is 3. The summed E-state index contributed by atoms with van der Waals surface area (Å²) >= 11 is 0. The second-order valence-corrected chi connectivity index (χ2v) is 8.08. The van der Waals surface area contributed by atoms with E-state index in [9.17, 15) is 4.79 Å². The van der Waals surface area contributed by atoms with Crippen LogP contribution in [0.3, 0.4) is 0 Å². The molecule has 0 radical (unpaired) electrons. The lowest BCUT2D eigenvalue weighted by molar-refractivity contribution is -0.140. The summed E-state index contributed by atoms with van der Waals surface area (Å²) in [4.78, 5) is 26.0. The predicted molar refractivity (Wildman–Crippen MR) is 102 cm³/mol. The smallest absolute Gasteiger partial charge is 0.227 e. The van der Waals surface area contributed by atoms with Crippen molar-refractivity contribution in [2.45, 2.75) is 45.1 Å². The van der Waals surface area contributed by atoms with Crippen molar-refractivity contribution in [2.75, 3.05) is 43.4 Å². The molecule has 7 nitrogen and oxygen atoms in total. The maximum atomic E-state index is 12.6. The first-order chi connectivity index (χ1) is 12.6. The molecule has 7 heteroatoms. The van der Waals surface area contributed by atoms with Crippen LogP contribution in [-0.2, 0) is 4.79 Å². The molecule has 3 saturated heterocycles. The third-order valence-corrected chi connectivity index (χ3v) is 6.34. The van der Waals surface area contributed by atoms with Crippen LogP contribution in [0, 0.1) is 18.8 Å². The minimum Gasteiger partial charge on any atom is -0.383 e. The molecule has 3 N–H and O–H groups in total. The average Bonchev–Trinajstić information content (AvgIpc) is 2.67. The zero-order chi connectivity index (χ0) is 18.1. The van der Waals surface area contributed by atoms with E-state index in [1.807, 2.05) is 6.92 Å². The van der Waals surface area contributed by atoms with Crippen LogP contribution in [0.1, 0.15) is 37.7 Å². The van der Waals surface area contributed by atoms with Gasteiger partial charge in [-0.05, 0) is 57.5 Å². The highest BCUT2D eigenvalue weighted by Crippen LogP contribution is 2.33. The molecular weight excluding hydrogens is 328 g/mol. The van der Waals surface area contributed by atoms with Gasteiger partial charge >= 0.3 is 0 Å². The fraction of sp³-hybridized carbons (Fsp3) is 0.737. The van der Waals surface area contributed by atoms with E-state index >= 15 is 0 Å². The molecule has 3 aliphatic rings. The minimum absolute atomic E-state index is 0.356. The molecule has 4 rings (SSSR count). The van der Waals surface area contributed by atoms with E-state index in [-0.39, 0.29) is 0 Å². The normalized spacial score (nSPS) is 27.5. The molecule has 3 fully saturated rings. The third-order valence-electron chi connectivity index (χ3n) is 6.34. The molecule has 2 atom stereocenters. The lowest BCUT2D eigenvalue weighted by Gasteiger charge is -2.48. The summed E-state index contributed by atoms with van der Waals surface area (Å²) in [7, 11) is 0. The number of hydrogen-bond acceptors (Lipinski definition) is 6. The van der Waals surface area contributed by atoms with Gasteiger partial charge in [0.2, 0.25) is 11.9 Å². The first-order valence-corrected chi connectivity index (χ1v) is 9.96. The summed E-state index contributed by atoms with van der Waals surface area (Å²) in [5.41, 5.74) is 6.88. The second kappa shape index (κ2) is 7.39. The van der Waals surface area contributed by atoms with Gasteiger partial charge in [-0.1, -0.05) is 0 Å². The fourth-order valence-corrected chi connectivity index (χ4v) is 4.71. The van der Waals surface area contributed by atoms with Crippen molar-refractivity contribution in [3.63, 3.8) is 0 Å². The maximum Gasteiger partial charge on any atom is 0.227 e. The zero-order valence-electron chi connectivity index (χ0n) is 15.7. The number of hydrogen-bond donors (Lipinski definition) is 2. The Morgan fingerprint density at radius 1 is 1.27 bits per heavy atom. The van der Waals surface area contributed by atoms with Gasteiger partial charge in [0, 0.05) is 43.9 Å². The standard InChI is InChI=1S/C19H30N6O/c1-13-10-22-19(23-18(13)20)24-9-6-16-15(12-24)2-3-17(26)25(16)11-14-4-7-21-8-5-14/h10,14-16,21H,2-9,11-12H2,1H3,(H2,20,22,23)/t15-,16+/m0/s1. The summed E-state index contributed by atoms with van der Waals surface area (Å²) in [6, 6.07) is 0.380. The average molecular weight is 358 g/mol. The third kappa shape index (κ3) is 3.49. The van der Waals surface area contributed by atoms with Crippen LogP contribution in [-0.4, -0.2) is 59.5 Å². The van der Waals surface area contributed by atoms with Gasteiger partial charge < -0.3 is 20.9 Å². The van der Waals surface area contributed by atoms with Crippen molar-refractivity contribution < 1.29 is 4.79 Å². The molecule has 0 unspecified atom stereocenters. The van der Waals surface area contributed by atoms with Crippen molar-refractivity contribution in [3.05, 3.63) is 11.8 Å². The van der Waals surface area contributed by atoms with E-state index in [1.54, 1.807) is 6.20 Å². The van der Waals surface area contributed by atoms with Crippen LogP contribution >= 0.6 is 0 Å². The van der Waals surface area contributed by atoms with Crippen LogP contribution in [0.5, 0.6) is 0 Å². The van der Waals surface area contributed by atoms with Gasteiger partial charge in [0.1, 0.15) is 5.82 Å². The molecule has 3 aliphatic heterocycles. The molecule has 0 spiro atoms. The molecule has 1 amide bonds. The zero-order valence-corrected chi connectivity index (χ0v) is 15.7. The topological polar surface area (TPSA) is 87.4 Å². The number of nitrogen functional groups attached to an aromatic ring is 1. The number of nitrogens with zero attached hydrogens (tertiary/aromatic N) is 4. The highest BCUT2D eigenvalue weighted by atomic mass is 16.2. The summed E-state index contributed by atoms with van der Waals surface area (Å²) in [5.74, 6) is 2.80. The summed E-state index contributed by atoms with van der Waals surface area (Å²) in [5, 5.41) is 3.42. The van der Waals surface area contributed by atoms with E-state index in [0.29, 0.717) is 36.0 Å². The Hall–Kier alpha value is -1.89. The van der Waals surface area contributed by atoms with E-state index in [2.05, 4.69) is 25.1 Å². The molecular formula is C19H30N6O. The Labute approximate surface area is 155 Å². The molecule has 0 bridgehead atoms. The molecule has 0 aromatic carbocycles. The number of rotatable bonds is 3. The van der Waals surface area contributed by atoms with E-state index < -0.39 is 0 Å². The van der Waals surface area contributed by atoms with Gasteiger partial charge in [-0.25, -0.2) is 4.98 Å². The number of aromatic nitrogens is 2. The number of carbonyl (C=O) groups excluding carboxylic acids is 1. The van der Waals surface area contributed by atoms with Crippen molar-refractivity contribution in [2.24, 2.45) is 11.8 Å². The number of nitrogens with two attached hydrogens (primary N) is 1. The molecule has 0 saturated carbocycles. The van der Waals surface area contributed by atoms with E-state index in [4.69, 9.17) is 5.73 Å². The van der Waals surface area contributed by atoms with Gasteiger partial charge in [0.25, 0.3) is 0 Å². The number of amides is 1. The molecule has 4 heterocycles. The van der Waals surface area contributed by atoms with Crippen molar-refractivity contribution in [3.8, 4) is 0 Å². The highest BCUT2D eigenvalue weighted by Gasteiger charge is 2.40. The van der Waals surface area contributed by atoms with Crippen LogP contribution in [0.15, 0.2) is 6.20 Å². The minimum atomic E-state index is 0.356. The lowest BCUT2D eigenvalue weighted by Crippen LogP contribution is -2.57. The van der Waals surface area contributed by atoms with Crippen molar-refractivity contribution in [1.82, 2.24) is 20.2 Å². The maximum absolute atomic E-state index is 12.6. The Bertz CT molecular complexity index is 659. The van der Waals surface area contributed by atoms with Crippen molar-refractivity contribution >= 4 is 17.7 Å². The lowest BCUT2D eigenvalue weighted by atomic mass is 9.82. The SMILES string of the molecule is Cc1cnc(N2CC[C@@H]3[C@@H](CCC(=O)N3CC3CCNCC3)C2)nc1N. The van der Waals surface area contributed by atoms with E-state index in [1.165, 1.54) is 12.8 Å². The van der Waals surface area contributed by atoms with Crippen LogP contribution in [0.2, 0.25) is 0 Å². The monoisotopic (exact) mass is 358 g/mol. The van der Waals surface area contributed by atoms with Crippen LogP contribution < -0.4 is 16.0 Å². The Kier molecular flexibility index (Phi) is 4.98. The highest BCUT2D eigenvalue weighted by molar-refractivity contribution is 5.77. The number of anilines is 2. The van der Waals surface area contributed by atoms with Crippen molar-refractivity contribution in [1.29, 1.82) is 0 Å². The second-order valence-electron chi connectivity index (χ2n) is 8.08. The molecule has 1 aromatic heterocycles. The van der Waals surface area contributed by atoms with E-state index in [0.717, 1.165) is 57.1 Å². The number of likely N-dealkylation sites (tertiary alicyclic amines) is 1. The molecule has 0 aliphatic carbocycles. The molecule has 142 valence electrons. The van der Waals surface area contributed by atoms with Gasteiger partial charge in [0.15, 0.2) is 0 Å². The van der Waals surface area contributed by atoms with Gasteiger partial charge in [-0.2, -0.15) is 4.98 Å². The number of nitrogens with one attached hydrogen (secondary N) is 1. The fourth-order valence-electron chi connectivity index (χ4n) is 4.71.